The van der Waals surface area contributed by atoms with Crippen molar-refractivity contribution in [3.8, 4) is 0 Å². The normalized spacial score (nSPS) is 16.9. The second-order valence-electron chi connectivity index (χ2n) is 4.04. The van der Waals surface area contributed by atoms with E-state index in [1.54, 1.807) is 12.4 Å². The van der Waals surface area contributed by atoms with Gasteiger partial charge in [-0.05, 0) is 5.92 Å². The Bertz CT molecular complexity index is 489. The summed E-state index contributed by atoms with van der Waals surface area (Å²) >= 11 is 6.07. The van der Waals surface area contributed by atoms with Gasteiger partial charge in [-0.1, -0.05) is 30.9 Å². The van der Waals surface area contributed by atoms with Crippen LogP contribution in [0.3, 0.4) is 0 Å². The lowest BCUT2D eigenvalue weighted by molar-refractivity contribution is 0.308. The molecule has 0 saturated heterocycles. The van der Waals surface area contributed by atoms with E-state index in [2.05, 4.69) is 15.2 Å². The molecule has 2 heterocycles. The molecule has 1 aliphatic rings. The van der Waals surface area contributed by atoms with Crippen LogP contribution < -0.4 is 0 Å². The molecule has 0 radical (unpaired) electrons. The van der Waals surface area contributed by atoms with Crippen molar-refractivity contribution in [1.29, 1.82) is 0 Å². The van der Waals surface area contributed by atoms with Gasteiger partial charge in [0.25, 0.3) is 0 Å². The summed E-state index contributed by atoms with van der Waals surface area (Å²) in [5, 5.41) is 8.81. The third-order valence-electron chi connectivity index (χ3n) is 3.04. The molecule has 0 amide bonds. The molecule has 1 aliphatic carbocycles. The molecule has 0 unspecified atom stereocenters. The van der Waals surface area contributed by atoms with Crippen LogP contribution in [0.2, 0.25) is 5.15 Å². The minimum Gasteiger partial charge on any atom is -0.266 e. The highest BCUT2D eigenvalue weighted by molar-refractivity contribution is 6.29. The van der Waals surface area contributed by atoms with E-state index in [4.69, 9.17) is 11.6 Å². The maximum Gasteiger partial charge on any atom is 0.180 e. The minimum absolute atomic E-state index is 0.590. The van der Waals surface area contributed by atoms with Gasteiger partial charge in [0.15, 0.2) is 5.65 Å². The molecule has 2 aromatic rings. The molecule has 0 spiro atoms. The Hall–Kier alpha value is -1.16. The Morgan fingerprint density at radius 2 is 2.20 bits per heavy atom. The monoisotopic (exact) mass is 222 g/mol. The van der Waals surface area contributed by atoms with Crippen LogP contribution in [0.25, 0.3) is 5.65 Å². The summed E-state index contributed by atoms with van der Waals surface area (Å²) in [6.45, 7) is 0. The number of aromatic nitrogens is 4. The Balaban J connectivity index is 2.02. The van der Waals surface area contributed by atoms with E-state index in [9.17, 15) is 0 Å². The molecule has 15 heavy (non-hydrogen) atoms. The van der Waals surface area contributed by atoms with Crippen molar-refractivity contribution in [1.82, 2.24) is 19.6 Å². The van der Waals surface area contributed by atoms with Crippen molar-refractivity contribution < 1.29 is 0 Å². The Kier molecular flexibility index (Phi) is 2.09. The SMILES string of the molecule is Clc1cncc2nnc(CC3CCC3)n12. The van der Waals surface area contributed by atoms with Crippen LogP contribution in [0.5, 0.6) is 0 Å². The third-order valence-corrected chi connectivity index (χ3v) is 3.30. The van der Waals surface area contributed by atoms with Gasteiger partial charge in [0, 0.05) is 6.42 Å². The molecule has 1 saturated carbocycles. The van der Waals surface area contributed by atoms with E-state index in [0.29, 0.717) is 5.15 Å². The lowest BCUT2D eigenvalue weighted by Gasteiger charge is -2.24. The van der Waals surface area contributed by atoms with E-state index < -0.39 is 0 Å². The summed E-state index contributed by atoms with van der Waals surface area (Å²) in [5.74, 6) is 1.73. The van der Waals surface area contributed by atoms with Gasteiger partial charge in [-0.3, -0.25) is 9.38 Å². The minimum atomic E-state index is 0.590. The van der Waals surface area contributed by atoms with Crippen LogP contribution in [-0.2, 0) is 6.42 Å². The standard InChI is InChI=1S/C10H11ClN4/c11-8-5-12-6-10-14-13-9(15(8)10)4-7-2-1-3-7/h5-7H,1-4H2. The maximum absolute atomic E-state index is 6.07. The maximum atomic E-state index is 6.07. The summed E-state index contributed by atoms with van der Waals surface area (Å²) in [6.07, 6.45) is 8.24. The lowest BCUT2D eigenvalue weighted by Crippen LogP contribution is -2.15. The van der Waals surface area contributed by atoms with Crippen molar-refractivity contribution >= 4 is 17.2 Å². The fourth-order valence-electron chi connectivity index (χ4n) is 1.96. The van der Waals surface area contributed by atoms with Crippen molar-refractivity contribution in [3.63, 3.8) is 0 Å². The van der Waals surface area contributed by atoms with Crippen molar-refractivity contribution in [2.75, 3.05) is 0 Å². The van der Waals surface area contributed by atoms with Gasteiger partial charge < -0.3 is 0 Å². The zero-order chi connectivity index (χ0) is 10.3. The van der Waals surface area contributed by atoms with E-state index in [1.807, 2.05) is 4.40 Å². The Morgan fingerprint density at radius 1 is 1.33 bits per heavy atom. The number of nitrogens with zero attached hydrogens (tertiary/aromatic N) is 4. The Labute approximate surface area is 92.3 Å². The molecule has 0 N–H and O–H groups in total. The highest BCUT2D eigenvalue weighted by Gasteiger charge is 2.20. The van der Waals surface area contributed by atoms with Crippen LogP contribution >= 0.6 is 11.6 Å². The zero-order valence-corrected chi connectivity index (χ0v) is 8.98. The predicted molar refractivity (Wildman–Crippen MR) is 56.8 cm³/mol. The first-order valence-electron chi connectivity index (χ1n) is 5.18. The van der Waals surface area contributed by atoms with E-state index >= 15 is 0 Å². The van der Waals surface area contributed by atoms with Crippen molar-refractivity contribution in [2.24, 2.45) is 5.92 Å². The molecule has 78 valence electrons. The predicted octanol–water partition coefficient (Wildman–Crippen LogP) is 2.12. The molecule has 0 aromatic carbocycles. The number of rotatable bonds is 2. The molecule has 0 bridgehead atoms. The fourth-order valence-corrected chi connectivity index (χ4v) is 2.20. The quantitative estimate of drug-likeness (QED) is 0.782. The molecular formula is C10H11ClN4. The van der Waals surface area contributed by atoms with Gasteiger partial charge in [-0.15, -0.1) is 10.2 Å². The summed E-state index contributed by atoms with van der Waals surface area (Å²) in [5.41, 5.74) is 0.733. The van der Waals surface area contributed by atoms with Crippen molar-refractivity contribution in [2.45, 2.75) is 25.7 Å². The molecule has 4 nitrogen and oxygen atoms in total. The van der Waals surface area contributed by atoms with Crippen LogP contribution in [0.1, 0.15) is 25.1 Å². The summed E-state index contributed by atoms with van der Waals surface area (Å²) in [4.78, 5) is 3.98. The van der Waals surface area contributed by atoms with E-state index in [1.165, 1.54) is 19.3 Å². The summed E-state index contributed by atoms with van der Waals surface area (Å²) in [7, 11) is 0. The van der Waals surface area contributed by atoms with Crippen LogP contribution in [-0.4, -0.2) is 19.6 Å². The van der Waals surface area contributed by atoms with Crippen LogP contribution in [0, 0.1) is 5.92 Å². The molecule has 1 fully saturated rings. The number of halogens is 1. The van der Waals surface area contributed by atoms with Crippen molar-refractivity contribution in [3.05, 3.63) is 23.4 Å². The molecule has 2 aromatic heterocycles. The fraction of sp³-hybridized carbons (Fsp3) is 0.500. The van der Waals surface area contributed by atoms with Gasteiger partial charge in [0.05, 0.1) is 12.4 Å². The molecule has 3 rings (SSSR count). The molecule has 0 aliphatic heterocycles. The van der Waals surface area contributed by atoms with Crippen LogP contribution in [0.4, 0.5) is 0 Å². The molecule has 0 atom stereocenters. The van der Waals surface area contributed by atoms with Gasteiger partial charge in [0.1, 0.15) is 11.0 Å². The first-order chi connectivity index (χ1) is 7.34. The third kappa shape index (κ3) is 1.49. The average Bonchev–Trinajstić information content (AvgIpc) is 2.56. The number of hydrogen-bond acceptors (Lipinski definition) is 3. The molecular weight excluding hydrogens is 212 g/mol. The largest absolute Gasteiger partial charge is 0.266 e. The summed E-state index contributed by atoms with van der Waals surface area (Å²) < 4.78 is 1.88. The van der Waals surface area contributed by atoms with Gasteiger partial charge in [0.2, 0.25) is 0 Å². The van der Waals surface area contributed by atoms with E-state index in [-0.39, 0.29) is 0 Å². The molecule has 5 heteroatoms. The summed E-state index contributed by atoms with van der Waals surface area (Å²) in [6, 6.07) is 0. The number of hydrogen-bond donors (Lipinski definition) is 0. The topological polar surface area (TPSA) is 43.1 Å². The highest BCUT2D eigenvalue weighted by Crippen LogP contribution is 2.29. The van der Waals surface area contributed by atoms with Crippen LogP contribution in [0.15, 0.2) is 12.4 Å². The Morgan fingerprint density at radius 3 is 2.93 bits per heavy atom. The van der Waals surface area contributed by atoms with E-state index in [0.717, 1.165) is 23.8 Å². The second kappa shape index (κ2) is 3.45. The first-order valence-corrected chi connectivity index (χ1v) is 5.56. The zero-order valence-electron chi connectivity index (χ0n) is 8.23. The average molecular weight is 223 g/mol. The smallest absolute Gasteiger partial charge is 0.180 e. The first kappa shape index (κ1) is 9.09. The van der Waals surface area contributed by atoms with Gasteiger partial charge in [-0.2, -0.15) is 0 Å². The highest BCUT2D eigenvalue weighted by atomic mass is 35.5. The van der Waals surface area contributed by atoms with Gasteiger partial charge in [-0.25, -0.2) is 0 Å². The second-order valence-corrected chi connectivity index (χ2v) is 4.43. The van der Waals surface area contributed by atoms with Gasteiger partial charge >= 0.3 is 0 Å². The number of fused-ring (bicyclic) bond motifs is 1. The lowest BCUT2D eigenvalue weighted by atomic mass is 9.83.